The Hall–Kier alpha value is -1.16. The van der Waals surface area contributed by atoms with Gasteiger partial charge in [0.05, 0.1) is 0 Å². The molecule has 0 aliphatic heterocycles. The van der Waals surface area contributed by atoms with E-state index < -0.39 is 0 Å². The summed E-state index contributed by atoms with van der Waals surface area (Å²) in [7, 11) is 0. The van der Waals surface area contributed by atoms with Crippen molar-refractivity contribution in [3.8, 4) is 0 Å². The van der Waals surface area contributed by atoms with E-state index in [2.05, 4.69) is 29.1 Å². The Labute approximate surface area is 115 Å². The van der Waals surface area contributed by atoms with Gasteiger partial charge in [0, 0.05) is 30.8 Å². The molecule has 0 saturated heterocycles. The molecule has 0 radical (unpaired) electrons. The molecule has 1 saturated carbocycles. The normalized spacial score (nSPS) is 23.0. The van der Waals surface area contributed by atoms with E-state index in [1.165, 1.54) is 12.8 Å². The minimum absolute atomic E-state index is 0.312. The highest BCUT2D eigenvalue weighted by Crippen LogP contribution is 2.31. The lowest BCUT2D eigenvalue weighted by molar-refractivity contribution is 0.199. The number of hydrogen-bond donors (Lipinski definition) is 2. The number of rotatable bonds is 5. The Bertz CT molecular complexity index is 420. The van der Waals surface area contributed by atoms with Gasteiger partial charge in [-0.05, 0) is 31.6 Å². The van der Waals surface area contributed by atoms with Crippen LogP contribution in [0.1, 0.15) is 50.5 Å². The second-order valence-electron chi connectivity index (χ2n) is 5.92. The average Bonchev–Trinajstić information content (AvgIpc) is 2.83. The summed E-state index contributed by atoms with van der Waals surface area (Å²) in [5, 5.41) is 12.8. The van der Waals surface area contributed by atoms with Crippen LogP contribution in [-0.4, -0.2) is 28.2 Å². The summed E-state index contributed by atoms with van der Waals surface area (Å²) in [6.45, 7) is 7.44. The minimum Gasteiger partial charge on any atom is -0.396 e. The first-order valence-electron chi connectivity index (χ1n) is 7.30. The third-order valence-corrected chi connectivity index (χ3v) is 3.98. The van der Waals surface area contributed by atoms with Crippen molar-refractivity contribution >= 4 is 5.82 Å². The topological polar surface area (TPSA) is 58.0 Å². The fourth-order valence-electron chi connectivity index (χ4n) is 2.80. The van der Waals surface area contributed by atoms with Crippen molar-refractivity contribution in [1.29, 1.82) is 0 Å². The molecule has 0 spiro atoms. The van der Waals surface area contributed by atoms with Crippen molar-refractivity contribution in [2.45, 2.75) is 46.0 Å². The van der Waals surface area contributed by atoms with Crippen LogP contribution in [0.3, 0.4) is 0 Å². The number of aromatic nitrogens is 2. The zero-order valence-corrected chi connectivity index (χ0v) is 12.2. The molecule has 106 valence electrons. The lowest BCUT2D eigenvalue weighted by Crippen LogP contribution is -2.21. The number of aliphatic hydroxyl groups excluding tert-OH is 1. The van der Waals surface area contributed by atoms with Crippen molar-refractivity contribution in [2.24, 2.45) is 11.8 Å². The monoisotopic (exact) mass is 263 g/mol. The Balaban J connectivity index is 1.99. The van der Waals surface area contributed by atoms with E-state index in [-0.39, 0.29) is 0 Å². The van der Waals surface area contributed by atoms with E-state index in [1.54, 1.807) is 0 Å². The van der Waals surface area contributed by atoms with Crippen LogP contribution in [-0.2, 0) is 0 Å². The van der Waals surface area contributed by atoms with Gasteiger partial charge in [0.1, 0.15) is 11.6 Å². The number of aliphatic hydroxyl groups is 1. The van der Waals surface area contributed by atoms with Crippen LogP contribution in [0.15, 0.2) is 6.07 Å². The van der Waals surface area contributed by atoms with Gasteiger partial charge in [0.2, 0.25) is 0 Å². The Morgan fingerprint density at radius 2 is 2.05 bits per heavy atom. The van der Waals surface area contributed by atoms with Gasteiger partial charge in [-0.15, -0.1) is 0 Å². The van der Waals surface area contributed by atoms with Crippen LogP contribution in [0.5, 0.6) is 0 Å². The fourth-order valence-corrected chi connectivity index (χ4v) is 2.80. The molecule has 1 aromatic heterocycles. The van der Waals surface area contributed by atoms with E-state index in [1.807, 2.05) is 13.0 Å². The van der Waals surface area contributed by atoms with Gasteiger partial charge in [-0.1, -0.05) is 20.3 Å². The summed E-state index contributed by atoms with van der Waals surface area (Å²) in [4.78, 5) is 9.01. The van der Waals surface area contributed by atoms with Crippen LogP contribution in [0, 0.1) is 18.8 Å². The predicted molar refractivity (Wildman–Crippen MR) is 77.3 cm³/mol. The maximum Gasteiger partial charge on any atom is 0.133 e. The number of anilines is 1. The fraction of sp³-hybridized carbons (Fsp3) is 0.733. The lowest BCUT2D eigenvalue weighted by Gasteiger charge is -2.18. The predicted octanol–water partition coefficient (Wildman–Crippen LogP) is 2.73. The molecule has 4 heteroatoms. The maximum absolute atomic E-state index is 9.34. The third-order valence-electron chi connectivity index (χ3n) is 3.98. The summed E-state index contributed by atoms with van der Waals surface area (Å²) in [6.07, 6.45) is 3.60. The molecule has 2 unspecified atom stereocenters. The molecule has 1 heterocycles. The van der Waals surface area contributed by atoms with Crippen molar-refractivity contribution in [1.82, 2.24) is 9.97 Å². The molecule has 2 N–H and O–H groups in total. The van der Waals surface area contributed by atoms with Gasteiger partial charge in [-0.3, -0.25) is 0 Å². The van der Waals surface area contributed by atoms with Crippen molar-refractivity contribution in [3.05, 3.63) is 17.6 Å². The zero-order valence-electron chi connectivity index (χ0n) is 12.2. The van der Waals surface area contributed by atoms with Gasteiger partial charge in [0.25, 0.3) is 0 Å². The molecule has 19 heavy (non-hydrogen) atoms. The highest BCUT2D eigenvalue weighted by molar-refractivity contribution is 5.36. The second kappa shape index (κ2) is 6.33. The van der Waals surface area contributed by atoms with Crippen LogP contribution >= 0.6 is 0 Å². The SMILES string of the molecule is Cc1cc(NCC2CCCC2CO)nc(C(C)C)n1. The molecular formula is C15H25N3O. The molecule has 0 aromatic carbocycles. The first kappa shape index (κ1) is 14.3. The summed E-state index contributed by atoms with van der Waals surface area (Å²) >= 11 is 0. The first-order chi connectivity index (χ1) is 9.10. The molecule has 1 aliphatic rings. The van der Waals surface area contributed by atoms with Crippen LogP contribution in [0.2, 0.25) is 0 Å². The molecule has 1 aromatic rings. The third kappa shape index (κ3) is 3.66. The summed E-state index contributed by atoms with van der Waals surface area (Å²) < 4.78 is 0. The standard InChI is InChI=1S/C15H25N3O/c1-10(2)15-17-11(3)7-14(18-15)16-8-12-5-4-6-13(12)9-19/h7,10,12-13,19H,4-6,8-9H2,1-3H3,(H,16,17,18). The zero-order chi connectivity index (χ0) is 13.8. The first-order valence-corrected chi connectivity index (χ1v) is 7.30. The molecule has 2 atom stereocenters. The Morgan fingerprint density at radius 3 is 2.74 bits per heavy atom. The summed E-state index contributed by atoms with van der Waals surface area (Å²) in [5.41, 5.74) is 1.01. The Kier molecular flexibility index (Phi) is 4.75. The van der Waals surface area contributed by atoms with Crippen molar-refractivity contribution < 1.29 is 5.11 Å². The van der Waals surface area contributed by atoms with Gasteiger partial charge in [0.15, 0.2) is 0 Å². The van der Waals surface area contributed by atoms with E-state index in [9.17, 15) is 5.11 Å². The smallest absolute Gasteiger partial charge is 0.133 e. The highest BCUT2D eigenvalue weighted by atomic mass is 16.3. The van der Waals surface area contributed by atoms with Gasteiger partial charge < -0.3 is 10.4 Å². The molecule has 1 fully saturated rings. The van der Waals surface area contributed by atoms with E-state index in [0.29, 0.717) is 24.4 Å². The van der Waals surface area contributed by atoms with E-state index >= 15 is 0 Å². The number of aryl methyl sites for hydroxylation is 1. The molecule has 4 nitrogen and oxygen atoms in total. The van der Waals surface area contributed by atoms with Gasteiger partial charge in [-0.2, -0.15) is 0 Å². The van der Waals surface area contributed by atoms with Gasteiger partial charge in [-0.25, -0.2) is 9.97 Å². The molecule has 0 bridgehead atoms. The number of hydrogen-bond acceptors (Lipinski definition) is 4. The van der Waals surface area contributed by atoms with E-state index in [4.69, 9.17) is 0 Å². The molecular weight excluding hydrogens is 238 g/mol. The van der Waals surface area contributed by atoms with Crippen molar-refractivity contribution in [2.75, 3.05) is 18.5 Å². The van der Waals surface area contributed by atoms with Crippen LogP contribution in [0.4, 0.5) is 5.82 Å². The maximum atomic E-state index is 9.34. The van der Waals surface area contributed by atoms with Crippen LogP contribution < -0.4 is 5.32 Å². The number of nitrogens with zero attached hydrogens (tertiary/aromatic N) is 2. The quantitative estimate of drug-likeness (QED) is 0.857. The minimum atomic E-state index is 0.312. The molecule has 0 amide bonds. The lowest BCUT2D eigenvalue weighted by atomic mass is 9.97. The van der Waals surface area contributed by atoms with Crippen molar-refractivity contribution in [3.63, 3.8) is 0 Å². The average molecular weight is 263 g/mol. The van der Waals surface area contributed by atoms with E-state index in [0.717, 1.165) is 30.3 Å². The number of nitrogens with one attached hydrogen (secondary N) is 1. The Morgan fingerprint density at radius 1 is 1.32 bits per heavy atom. The highest BCUT2D eigenvalue weighted by Gasteiger charge is 2.26. The summed E-state index contributed by atoms with van der Waals surface area (Å²) in [6, 6.07) is 1.99. The molecule has 2 rings (SSSR count). The summed E-state index contributed by atoms with van der Waals surface area (Å²) in [5.74, 6) is 3.19. The second-order valence-corrected chi connectivity index (χ2v) is 5.92. The largest absolute Gasteiger partial charge is 0.396 e. The molecule has 1 aliphatic carbocycles. The van der Waals surface area contributed by atoms with Crippen LogP contribution in [0.25, 0.3) is 0 Å². The van der Waals surface area contributed by atoms with Gasteiger partial charge >= 0.3 is 0 Å².